The number of hydrogen-bond donors (Lipinski definition) is 2. The molecule has 0 aliphatic heterocycles. The molecule has 0 atom stereocenters. The molecule has 1 saturated carbocycles. The highest BCUT2D eigenvalue weighted by atomic mass is 32.2. The van der Waals surface area contributed by atoms with Crippen LogP contribution in [0.4, 0.5) is 0 Å². The Labute approximate surface area is 131 Å². The van der Waals surface area contributed by atoms with Crippen molar-refractivity contribution in [2.24, 2.45) is 5.41 Å². The van der Waals surface area contributed by atoms with Gasteiger partial charge < -0.3 is 5.32 Å². The first-order chi connectivity index (χ1) is 9.90. The van der Waals surface area contributed by atoms with Crippen molar-refractivity contribution >= 4 is 10.2 Å². The van der Waals surface area contributed by atoms with E-state index in [1.165, 1.54) is 23.6 Å². The second-order valence-corrected chi connectivity index (χ2v) is 8.48. The first kappa shape index (κ1) is 18.9. The lowest BCUT2D eigenvalue weighted by Gasteiger charge is -2.34. The van der Waals surface area contributed by atoms with Crippen LogP contribution in [0.25, 0.3) is 0 Å². The molecule has 21 heavy (non-hydrogen) atoms. The molecule has 2 N–H and O–H groups in total. The molecular formula is C15H33N3O2S. The smallest absolute Gasteiger partial charge is 0.279 e. The Morgan fingerprint density at radius 1 is 1.14 bits per heavy atom. The lowest BCUT2D eigenvalue weighted by atomic mass is 9.76. The van der Waals surface area contributed by atoms with E-state index < -0.39 is 10.2 Å². The lowest BCUT2D eigenvalue weighted by molar-refractivity contribution is 0.217. The summed E-state index contributed by atoms with van der Waals surface area (Å²) in [5, 5.41) is 3.29. The third-order valence-corrected chi connectivity index (χ3v) is 5.92. The lowest BCUT2D eigenvalue weighted by Crippen LogP contribution is -2.44. The summed E-state index contributed by atoms with van der Waals surface area (Å²) in [6.07, 6.45) is 7.92. The van der Waals surface area contributed by atoms with Crippen molar-refractivity contribution in [2.75, 3.05) is 33.2 Å². The van der Waals surface area contributed by atoms with Gasteiger partial charge in [0.05, 0.1) is 0 Å². The van der Waals surface area contributed by atoms with Gasteiger partial charge in [-0.25, -0.2) is 4.72 Å². The van der Waals surface area contributed by atoms with Crippen molar-refractivity contribution in [1.82, 2.24) is 14.3 Å². The van der Waals surface area contributed by atoms with E-state index in [1.54, 1.807) is 7.05 Å². The normalized spacial score (nSPS) is 19.0. The number of nitrogens with zero attached hydrogens (tertiary/aromatic N) is 1. The highest BCUT2D eigenvalue weighted by molar-refractivity contribution is 7.87. The van der Waals surface area contributed by atoms with E-state index in [9.17, 15) is 8.42 Å². The molecule has 0 unspecified atom stereocenters. The maximum Gasteiger partial charge on any atom is 0.279 e. The predicted octanol–water partition coefficient (Wildman–Crippen LogP) is 2.11. The van der Waals surface area contributed by atoms with Crippen LogP contribution < -0.4 is 10.0 Å². The Morgan fingerprint density at radius 3 is 2.43 bits per heavy atom. The average molecular weight is 320 g/mol. The number of nitrogens with one attached hydrogen (secondary N) is 2. The molecule has 0 spiro atoms. The Morgan fingerprint density at radius 2 is 1.81 bits per heavy atom. The van der Waals surface area contributed by atoms with Crippen LogP contribution >= 0.6 is 0 Å². The fraction of sp³-hybridized carbons (Fsp3) is 1.00. The molecule has 1 fully saturated rings. The van der Waals surface area contributed by atoms with Gasteiger partial charge in [0.2, 0.25) is 0 Å². The molecule has 0 aromatic rings. The van der Waals surface area contributed by atoms with Crippen LogP contribution in [-0.4, -0.2) is 45.9 Å². The second-order valence-electron chi connectivity index (χ2n) is 6.62. The van der Waals surface area contributed by atoms with Crippen molar-refractivity contribution in [3.05, 3.63) is 0 Å². The van der Waals surface area contributed by atoms with Gasteiger partial charge in [0.25, 0.3) is 10.2 Å². The first-order valence-corrected chi connectivity index (χ1v) is 9.75. The van der Waals surface area contributed by atoms with Crippen LogP contribution in [0, 0.1) is 5.41 Å². The Kier molecular flexibility index (Phi) is 8.16. The fourth-order valence-electron chi connectivity index (χ4n) is 2.81. The van der Waals surface area contributed by atoms with E-state index in [0.29, 0.717) is 13.1 Å². The molecule has 1 aliphatic rings. The topological polar surface area (TPSA) is 61.4 Å². The summed E-state index contributed by atoms with van der Waals surface area (Å²) in [6, 6.07) is 0. The number of hydrogen-bond acceptors (Lipinski definition) is 3. The van der Waals surface area contributed by atoms with Gasteiger partial charge in [-0.2, -0.15) is 12.7 Å². The second kappa shape index (κ2) is 9.08. The summed E-state index contributed by atoms with van der Waals surface area (Å²) >= 11 is 0. The highest BCUT2D eigenvalue weighted by Gasteiger charge is 2.29. The van der Waals surface area contributed by atoms with Gasteiger partial charge in [-0.15, -0.1) is 0 Å². The maximum atomic E-state index is 12.2. The van der Waals surface area contributed by atoms with E-state index in [-0.39, 0.29) is 5.41 Å². The zero-order chi connectivity index (χ0) is 15.8. The van der Waals surface area contributed by atoms with Gasteiger partial charge >= 0.3 is 0 Å². The highest BCUT2D eigenvalue weighted by Crippen LogP contribution is 2.35. The van der Waals surface area contributed by atoms with Gasteiger partial charge in [-0.3, -0.25) is 0 Å². The van der Waals surface area contributed by atoms with Crippen molar-refractivity contribution in [3.8, 4) is 0 Å². The molecule has 6 heteroatoms. The van der Waals surface area contributed by atoms with Gasteiger partial charge in [0, 0.05) is 20.1 Å². The monoisotopic (exact) mass is 319 g/mol. The van der Waals surface area contributed by atoms with E-state index in [1.807, 2.05) is 0 Å². The molecule has 0 saturated heterocycles. The largest absolute Gasteiger partial charge is 0.317 e. The van der Waals surface area contributed by atoms with Gasteiger partial charge in [-0.05, 0) is 44.2 Å². The first-order valence-electron chi connectivity index (χ1n) is 8.31. The summed E-state index contributed by atoms with van der Waals surface area (Å²) in [5.41, 5.74) is 0.134. The summed E-state index contributed by atoms with van der Waals surface area (Å²) < 4.78 is 28.7. The zero-order valence-corrected chi connectivity index (χ0v) is 14.8. The molecule has 0 amide bonds. The molecule has 0 heterocycles. The minimum absolute atomic E-state index is 0.134. The molecule has 1 rings (SSSR count). The fourth-order valence-corrected chi connectivity index (χ4v) is 3.93. The van der Waals surface area contributed by atoms with Crippen molar-refractivity contribution in [3.63, 3.8) is 0 Å². The van der Waals surface area contributed by atoms with Gasteiger partial charge in [-0.1, -0.05) is 33.1 Å². The van der Waals surface area contributed by atoms with E-state index >= 15 is 0 Å². The van der Waals surface area contributed by atoms with Crippen LogP contribution in [0.15, 0.2) is 0 Å². The van der Waals surface area contributed by atoms with Gasteiger partial charge in [0.15, 0.2) is 0 Å². The molecule has 0 radical (unpaired) electrons. The SMILES string of the molecule is CCCNCCCN(C)S(=O)(=O)NCC1(C)CCCCC1. The van der Waals surface area contributed by atoms with E-state index in [2.05, 4.69) is 23.9 Å². The zero-order valence-electron chi connectivity index (χ0n) is 14.0. The summed E-state index contributed by atoms with van der Waals surface area (Å²) in [4.78, 5) is 0. The number of rotatable bonds is 10. The van der Waals surface area contributed by atoms with Crippen molar-refractivity contribution < 1.29 is 8.42 Å². The Balaban J connectivity index is 2.30. The van der Waals surface area contributed by atoms with Crippen LogP contribution in [0.1, 0.15) is 58.8 Å². The summed E-state index contributed by atoms with van der Waals surface area (Å²) in [7, 11) is -1.68. The maximum absolute atomic E-state index is 12.2. The summed E-state index contributed by atoms with van der Waals surface area (Å²) in [6.45, 7) is 7.30. The minimum atomic E-state index is -3.33. The molecule has 126 valence electrons. The third kappa shape index (κ3) is 7.08. The molecular weight excluding hydrogens is 286 g/mol. The van der Waals surface area contributed by atoms with Gasteiger partial charge in [0.1, 0.15) is 0 Å². The molecule has 1 aliphatic carbocycles. The van der Waals surface area contributed by atoms with E-state index in [4.69, 9.17) is 0 Å². The van der Waals surface area contributed by atoms with Crippen LogP contribution in [-0.2, 0) is 10.2 Å². The Hall–Kier alpha value is -0.170. The average Bonchev–Trinajstić information content (AvgIpc) is 2.46. The molecule has 5 nitrogen and oxygen atoms in total. The Bertz CT molecular complexity index is 378. The van der Waals surface area contributed by atoms with Crippen LogP contribution in [0.2, 0.25) is 0 Å². The van der Waals surface area contributed by atoms with Crippen molar-refractivity contribution in [1.29, 1.82) is 0 Å². The quantitative estimate of drug-likeness (QED) is 0.606. The third-order valence-electron chi connectivity index (χ3n) is 4.41. The van der Waals surface area contributed by atoms with Crippen molar-refractivity contribution in [2.45, 2.75) is 58.8 Å². The molecule has 0 aromatic heterocycles. The van der Waals surface area contributed by atoms with Crippen LogP contribution in [0.5, 0.6) is 0 Å². The summed E-state index contributed by atoms with van der Waals surface area (Å²) in [5.74, 6) is 0. The standard InChI is InChI=1S/C15H33N3O2S/c1-4-11-16-12-8-13-18(3)21(19,20)17-14-15(2)9-6-5-7-10-15/h16-17H,4-14H2,1-3H3. The minimum Gasteiger partial charge on any atom is -0.317 e. The van der Waals surface area contributed by atoms with Crippen LogP contribution in [0.3, 0.4) is 0 Å². The molecule has 0 aromatic carbocycles. The molecule has 0 bridgehead atoms. The van der Waals surface area contributed by atoms with E-state index in [0.717, 1.165) is 38.8 Å². The predicted molar refractivity (Wildman–Crippen MR) is 88.5 cm³/mol.